The summed E-state index contributed by atoms with van der Waals surface area (Å²) in [6.45, 7) is 7.18. The molecule has 10 N–H and O–H groups in total. The number of aliphatic hydroxyl groups excluding tert-OH is 4. The van der Waals surface area contributed by atoms with Crippen molar-refractivity contribution in [1.29, 1.82) is 0 Å². The Kier molecular flexibility index (Phi) is 24.8. The summed E-state index contributed by atoms with van der Waals surface area (Å²) in [5.41, 5.74) is 7.31. The van der Waals surface area contributed by atoms with Gasteiger partial charge in [0.25, 0.3) is 0 Å². The van der Waals surface area contributed by atoms with Crippen LogP contribution in [0.5, 0.6) is 0 Å². The molecule has 2 aromatic rings. The summed E-state index contributed by atoms with van der Waals surface area (Å²) >= 11 is 0. The molecular weight excluding hydrogens is 684 g/mol. The summed E-state index contributed by atoms with van der Waals surface area (Å²) in [4.78, 5) is 50.0. The van der Waals surface area contributed by atoms with Gasteiger partial charge in [0.1, 0.15) is 30.5 Å². The standard InChI is InChI=1S/C19H31N3O4.C10H14N2O.C9H19NO4/c1-5-9-13(2)17(24)18(25)20-12-15(23)21-16(19(26)22(3)4)14-10-7-6-8-11-14;1-12(2)10(13)9(11)8-6-4-3-5-7-8;1-3-4-6(2)8(13)9(14)10-5-7(11)12/h6-8,10-11,13,15-17,21,23-24H,5,9,12H2,1-4H3,(H,20,25);3-7,9H,11H2,1-2H3;6-8,11-13H,3-5H2,1-2H3,(H,10,14). The molecule has 53 heavy (non-hydrogen) atoms. The van der Waals surface area contributed by atoms with E-state index in [2.05, 4.69) is 16.0 Å². The van der Waals surface area contributed by atoms with Crippen LogP contribution in [-0.4, -0.2) is 125 Å². The average Bonchev–Trinajstić information content (AvgIpc) is 3.14. The summed E-state index contributed by atoms with van der Waals surface area (Å²) < 4.78 is 0. The Morgan fingerprint density at radius 3 is 1.42 bits per heavy atom. The number of hydrogen-bond donors (Lipinski definition) is 9. The second-order valence-corrected chi connectivity index (χ2v) is 13.3. The zero-order chi connectivity index (χ0) is 40.7. The highest BCUT2D eigenvalue weighted by Gasteiger charge is 2.26. The SMILES string of the molecule is CCCC(C)C(O)C(=O)NCC(O)NC(C(=O)N(C)C)c1ccccc1.CCCC(C)C(O)C(=O)NCC(O)O.CN(C)C(=O)C(N)c1ccccc1. The fraction of sp³-hybridized carbons (Fsp3) is 0.579. The van der Waals surface area contributed by atoms with Gasteiger partial charge in [0.15, 0.2) is 6.29 Å². The van der Waals surface area contributed by atoms with Crippen molar-refractivity contribution in [3.63, 3.8) is 0 Å². The van der Waals surface area contributed by atoms with Crippen molar-refractivity contribution in [3.8, 4) is 0 Å². The maximum Gasteiger partial charge on any atom is 0.249 e. The zero-order valence-corrected chi connectivity index (χ0v) is 32.5. The molecule has 2 aromatic carbocycles. The molecule has 0 saturated carbocycles. The van der Waals surface area contributed by atoms with Crippen LogP contribution in [0.3, 0.4) is 0 Å². The van der Waals surface area contributed by atoms with E-state index in [1.54, 1.807) is 47.2 Å². The van der Waals surface area contributed by atoms with Crippen molar-refractivity contribution < 1.29 is 44.7 Å². The molecule has 15 nitrogen and oxygen atoms in total. The van der Waals surface area contributed by atoms with Gasteiger partial charge in [-0.25, -0.2) is 0 Å². The first-order valence-electron chi connectivity index (χ1n) is 17.9. The minimum Gasteiger partial charge on any atom is -0.383 e. The molecule has 2 rings (SSSR count). The number of nitrogens with one attached hydrogen (secondary N) is 3. The molecule has 0 saturated heterocycles. The predicted octanol–water partition coefficient (Wildman–Crippen LogP) is 0.622. The molecule has 0 aliphatic rings. The van der Waals surface area contributed by atoms with Crippen molar-refractivity contribution in [2.45, 2.75) is 90.2 Å². The van der Waals surface area contributed by atoms with E-state index in [9.17, 15) is 34.5 Å². The average molecular weight is 749 g/mol. The van der Waals surface area contributed by atoms with Gasteiger partial charge in [0, 0.05) is 28.2 Å². The molecule has 0 fully saturated rings. The van der Waals surface area contributed by atoms with E-state index < -0.39 is 48.6 Å². The molecule has 7 unspecified atom stereocenters. The number of carbonyl (C=O) groups excluding carboxylic acids is 4. The number of likely N-dealkylation sites (N-methyl/N-ethyl adjacent to an activating group) is 2. The van der Waals surface area contributed by atoms with Gasteiger partial charge in [-0.1, -0.05) is 101 Å². The van der Waals surface area contributed by atoms with Crippen LogP contribution in [0.15, 0.2) is 60.7 Å². The van der Waals surface area contributed by atoms with Crippen LogP contribution in [0.1, 0.15) is 76.6 Å². The lowest BCUT2D eigenvalue weighted by Crippen LogP contribution is -2.49. The molecule has 300 valence electrons. The lowest BCUT2D eigenvalue weighted by molar-refractivity contribution is -0.134. The molecule has 0 aromatic heterocycles. The van der Waals surface area contributed by atoms with E-state index in [0.717, 1.165) is 31.2 Å². The molecule has 0 aliphatic heterocycles. The monoisotopic (exact) mass is 748 g/mol. The largest absolute Gasteiger partial charge is 0.383 e. The predicted molar refractivity (Wildman–Crippen MR) is 203 cm³/mol. The number of hydrogen-bond acceptors (Lipinski definition) is 11. The maximum atomic E-state index is 12.4. The molecule has 7 atom stereocenters. The van der Waals surface area contributed by atoms with Crippen molar-refractivity contribution in [2.24, 2.45) is 17.6 Å². The van der Waals surface area contributed by atoms with Crippen molar-refractivity contribution in [1.82, 2.24) is 25.8 Å². The molecule has 0 bridgehead atoms. The van der Waals surface area contributed by atoms with Gasteiger partial charge >= 0.3 is 0 Å². The second kappa shape index (κ2) is 26.7. The number of carbonyl (C=O) groups is 4. The number of rotatable bonds is 18. The first-order valence-corrected chi connectivity index (χ1v) is 17.9. The van der Waals surface area contributed by atoms with Crippen LogP contribution in [0.2, 0.25) is 0 Å². The van der Waals surface area contributed by atoms with Gasteiger partial charge in [-0.2, -0.15) is 0 Å². The summed E-state index contributed by atoms with van der Waals surface area (Å²) in [7, 11) is 6.68. The molecule has 0 radical (unpaired) electrons. The summed E-state index contributed by atoms with van der Waals surface area (Å²) in [6.07, 6.45) is -1.63. The highest BCUT2D eigenvalue weighted by atomic mass is 16.5. The Bertz CT molecular complexity index is 1320. The Morgan fingerprint density at radius 2 is 1.04 bits per heavy atom. The Balaban J connectivity index is 0.000000843. The topological polar surface area (TPSA) is 238 Å². The second-order valence-electron chi connectivity index (χ2n) is 13.3. The van der Waals surface area contributed by atoms with Gasteiger partial charge in [0.2, 0.25) is 23.6 Å². The molecule has 4 amide bonds. The minimum atomic E-state index is -1.58. The van der Waals surface area contributed by atoms with E-state index in [-0.39, 0.29) is 36.7 Å². The fourth-order valence-corrected chi connectivity index (χ4v) is 4.89. The van der Waals surface area contributed by atoms with Crippen LogP contribution in [-0.2, 0) is 19.2 Å². The van der Waals surface area contributed by atoms with E-state index in [4.69, 9.17) is 15.9 Å². The fourth-order valence-electron chi connectivity index (χ4n) is 4.89. The van der Waals surface area contributed by atoms with Crippen LogP contribution in [0, 0.1) is 11.8 Å². The van der Waals surface area contributed by atoms with E-state index in [1.165, 1.54) is 9.80 Å². The van der Waals surface area contributed by atoms with E-state index in [0.29, 0.717) is 5.56 Å². The van der Waals surface area contributed by atoms with Gasteiger partial charge in [-0.3, -0.25) is 24.5 Å². The quantitative estimate of drug-likeness (QED) is 0.0959. The lowest BCUT2D eigenvalue weighted by Gasteiger charge is -2.25. The Labute approximate surface area is 314 Å². The van der Waals surface area contributed by atoms with Gasteiger partial charge in [-0.15, -0.1) is 0 Å². The molecule has 0 aliphatic carbocycles. The van der Waals surface area contributed by atoms with Crippen LogP contribution >= 0.6 is 0 Å². The molecule has 15 heteroatoms. The zero-order valence-electron chi connectivity index (χ0n) is 32.5. The summed E-state index contributed by atoms with van der Waals surface area (Å²) in [5.74, 6) is -1.64. The molecular formula is C38H64N6O9. The minimum absolute atomic E-state index is 0.0776. The normalized spacial score (nSPS) is 14.7. The van der Waals surface area contributed by atoms with Crippen LogP contribution in [0.4, 0.5) is 0 Å². The lowest BCUT2D eigenvalue weighted by atomic mass is 9.99. The number of amides is 4. The summed E-state index contributed by atoms with van der Waals surface area (Å²) in [5, 5.41) is 54.2. The van der Waals surface area contributed by atoms with Crippen molar-refractivity contribution >= 4 is 23.6 Å². The Morgan fingerprint density at radius 1 is 0.642 bits per heavy atom. The highest BCUT2D eigenvalue weighted by Crippen LogP contribution is 2.16. The van der Waals surface area contributed by atoms with Crippen LogP contribution < -0.4 is 21.7 Å². The smallest absolute Gasteiger partial charge is 0.249 e. The summed E-state index contributed by atoms with van der Waals surface area (Å²) in [6, 6.07) is 17.1. The van der Waals surface area contributed by atoms with Gasteiger partial charge < -0.3 is 51.7 Å². The van der Waals surface area contributed by atoms with E-state index in [1.807, 2.05) is 69.3 Å². The Hall–Kier alpha value is -3.96. The number of nitrogens with zero attached hydrogens (tertiary/aromatic N) is 2. The van der Waals surface area contributed by atoms with E-state index >= 15 is 0 Å². The first-order chi connectivity index (χ1) is 24.9. The van der Waals surface area contributed by atoms with Crippen molar-refractivity contribution in [2.75, 3.05) is 41.3 Å². The van der Waals surface area contributed by atoms with Crippen molar-refractivity contribution in [3.05, 3.63) is 71.8 Å². The third kappa shape index (κ3) is 19.6. The number of aliphatic hydroxyl groups is 5. The van der Waals surface area contributed by atoms with Gasteiger partial charge in [0.05, 0.1) is 13.1 Å². The van der Waals surface area contributed by atoms with Crippen LogP contribution in [0.25, 0.3) is 0 Å². The number of nitrogens with two attached hydrogens (primary N) is 1. The third-order valence-corrected chi connectivity index (χ3v) is 8.08. The maximum absolute atomic E-state index is 12.4. The third-order valence-electron chi connectivity index (χ3n) is 8.08. The highest BCUT2D eigenvalue weighted by molar-refractivity contribution is 5.83. The molecule has 0 spiro atoms. The number of benzene rings is 2. The van der Waals surface area contributed by atoms with Gasteiger partial charge in [-0.05, 0) is 35.8 Å². The molecule has 0 heterocycles. The first kappa shape index (κ1) is 49.0.